The first-order valence-corrected chi connectivity index (χ1v) is 15.2. The second kappa shape index (κ2) is 12.2. The van der Waals surface area contributed by atoms with Crippen molar-refractivity contribution in [3.63, 3.8) is 0 Å². The van der Waals surface area contributed by atoms with E-state index in [1.165, 1.54) is 16.8 Å². The number of pyridine rings is 1. The van der Waals surface area contributed by atoms with E-state index in [-0.39, 0.29) is 34.8 Å². The van der Waals surface area contributed by atoms with Gasteiger partial charge in [0, 0.05) is 66.8 Å². The molecule has 2 aromatic carbocycles. The van der Waals surface area contributed by atoms with Crippen LogP contribution in [0.3, 0.4) is 0 Å². The van der Waals surface area contributed by atoms with Crippen LogP contribution in [0.15, 0.2) is 81.3 Å². The number of unbranched alkanes of at least 4 members (excludes halogenated alkanes) is 1. The summed E-state index contributed by atoms with van der Waals surface area (Å²) < 4.78 is 18.3. The van der Waals surface area contributed by atoms with Gasteiger partial charge in [-0.1, -0.05) is 6.07 Å². The summed E-state index contributed by atoms with van der Waals surface area (Å²) in [6, 6.07) is 9.99. The number of aromatic amines is 1. The molecule has 2 aliphatic rings. The van der Waals surface area contributed by atoms with Gasteiger partial charge < -0.3 is 24.8 Å². The number of anilines is 3. The molecule has 11 nitrogen and oxygen atoms in total. The Balaban J connectivity index is 1.10. The summed E-state index contributed by atoms with van der Waals surface area (Å²) in [5, 5.41) is 12.6. The number of aromatic nitrogens is 3. The molecule has 3 N–H and O–H groups in total. The number of allylic oxidation sites excluding steroid dienone is 1. The SMILES string of the molecule is CC1=CN(c2cc3c(cc2F)c(=O)c(C(=O)O)cn3C2CC2)C=CN1CCCCn1c(=O)cc(Nc2ccc(C)c(C)c2)[nH]c1=O. The van der Waals surface area contributed by atoms with Crippen molar-refractivity contribution in [2.45, 2.75) is 59.0 Å². The summed E-state index contributed by atoms with van der Waals surface area (Å²) in [7, 11) is 0. The van der Waals surface area contributed by atoms with Crippen LogP contribution in [0.1, 0.15) is 60.1 Å². The lowest BCUT2D eigenvalue weighted by Gasteiger charge is -2.30. The molecule has 0 atom stereocenters. The highest BCUT2D eigenvalue weighted by Gasteiger charge is 2.28. The van der Waals surface area contributed by atoms with Crippen LogP contribution in [-0.2, 0) is 6.54 Å². The van der Waals surface area contributed by atoms with E-state index in [1.54, 1.807) is 27.9 Å². The fraction of sp³-hybridized carbons (Fsp3) is 0.294. The van der Waals surface area contributed by atoms with E-state index >= 15 is 4.39 Å². The maximum atomic E-state index is 15.4. The van der Waals surface area contributed by atoms with Crippen LogP contribution < -0.4 is 26.9 Å². The Labute approximate surface area is 263 Å². The molecule has 0 bridgehead atoms. The number of nitrogens with one attached hydrogen (secondary N) is 2. The normalized spacial score (nSPS) is 14.6. The van der Waals surface area contributed by atoms with Gasteiger partial charge in [0.1, 0.15) is 17.2 Å². The van der Waals surface area contributed by atoms with Crippen molar-refractivity contribution in [3.8, 4) is 0 Å². The highest BCUT2D eigenvalue weighted by Crippen LogP contribution is 2.38. The van der Waals surface area contributed by atoms with E-state index in [2.05, 4.69) is 10.3 Å². The van der Waals surface area contributed by atoms with Crippen LogP contribution in [0.2, 0.25) is 0 Å². The molecule has 0 amide bonds. The predicted octanol–water partition coefficient (Wildman–Crippen LogP) is 5.32. The maximum Gasteiger partial charge on any atom is 0.341 e. The molecule has 1 fully saturated rings. The van der Waals surface area contributed by atoms with Gasteiger partial charge in [0.05, 0.1) is 11.2 Å². The topological polar surface area (TPSA) is 133 Å². The van der Waals surface area contributed by atoms with Crippen molar-refractivity contribution in [2.24, 2.45) is 0 Å². The van der Waals surface area contributed by atoms with Gasteiger partial charge in [0.15, 0.2) is 0 Å². The molecule has 1 saturated carbocycles. The molecular weight excluding hydrogens is 591 g/mol. The smallest absolute Gasteiger partial charge is 0.341 e. The average molecular weight is 627 g/mol. The molecule has 1 aliphatic heterocycles. The fourth-order valence-electron chi connectivity index (χ4n) is 5.68. The number of hydrogen-bond donors (Lipinski definition) is 3. The van der Waals surface area contributed by atoms with E-state index in [1.807, 2.05) is 50.1 Å². The standard InChI is InChI=1S/C34H35FN6O5/c1-20-6-7-23(14-21(20)2)36-30-17-31(42)40(34(46)37-30)11-5-4-10-38-12-13-39(18-22(38)3)29-16-28-25(15-27(29)35)32(43)26(33(44)45)19-41(28)24-8-9-24/h6-7,12-19,24,36H,4-5,8-11H2,1-3H3,(H,37,46)(H,44,45). The second-order valence-corrected chi connectivity index (χ2v) is 11.9. The van der Waals surface area contributed by atoms with Crippen molar-refractivity contribution in [2.75, 3.05) is 16.8 Å². The van der Waals surface area contributed by atoms with Crippen molar-refractivity contribution < 1.29 is 14.3 Å². The van der Waals surface area contributed by atoms with E-state index in [9.17, 15) is 24.3 Å². The fourth-order valence-corrected chi connectivity index (χ4v) is 5.68. The molecule has 6 rings (SSSR count). The van der Waals surface area contributed by atoms with Crippen molar-refractivity contribution in [3.05, 3.63) is 120 Å². The van der Waals surface area contributed by atoms with Crippen LogP contribution in [0.5, 0.6) is 0 Å². The third kappa shape index (κ3) is 6.10. The monoisotopic (exact) mass is 626 g/mol. The first-order valence-electron chi connectivity index (χ1n) is 15.2. The zero-order valence-corrected chi connectivity index (χ0v) is 25.8. The molecule has 0 unspecified atom stereocenters. The van der Waals surface area contributed by atoms with Gasteiger partial charge in [-0.15, -0.1) is 0 Å². The Morgan fingerprint density at radius 2 is 1.76 bits per heavy atom. The zero-order valence-electron chi connectivity index (χ0n) is 25.8. The van der Waals surface area contributed by atoms with Gasteiger partial charge in [-0.05, 0) is 81.8 Å². The van der Waals surface area contributed by atoms with Crippen LogP contribution >= 0.6 is 0 Å². The molecule has 0 saturated heterocycles. The van der Waals surface area contributed by atoms with E-state index in [0.717, 1.165) is 41.4 Å². The van der Waals surface area contributed by atoms with Gasteiger partial charge in [0.25, 0.3) is 5.56 Å². The maximum absolute atomic E-state index is 15.4. The summed E-state index contributed by atoms with van der Waals surface area (Å²) in [5.41, 5.74) is 2.68. The number of hydrogen-bond acceptors (Lipinski definition) is 7. The zero-order chi connectivity index (χ0) is 32.7. The van der Waals surface area contributed by atoms with Gasteiger partial charge in [-0.25, -0.2) is 14.0 Å². The summed E-state index contributed by atoms with van der Waals surface area (Å²) in [6.45, 7) is 6.78. The number of carboxylic acid groups (broad SMARTS) is 1. The Morgan fingerprint density at radius 1 is 1.00 bits per heavy atom. The molecule has 1 aliphatic carbocycles. The summed E-state index contributed by atoms with van der Waals surface area (Å²) >= 11 is 0. The number of fused-ring (bicyclic) bond motifs is 1. The third-order valence-electron chi connectivity index (χ3n) is 8.57. The van der Waals surface area contributed by atoms with Gasteiger partial charge in [-0.2, -0.15) is 0 Å². The lowest BCUT2D eigenvalue weighted by Crippen LogP contribution is -2.35. The molecule has 2 aromatic heterocycles. The Hall–Kier alpha value is -5.39. The lowest BCUT2D eigenvalue weighted by molar-refractivity contribution is 0.0695. The minimum absolute atomic E-state index is 0.0431. The van der Waals surface area contributed by atoms with Crippen molar-refractivity contribution in [1.82, 2.24) is 19.0 Å². The number of H-pyrrole nitrogens is 1. The Morgan fingerprint density at radius 3 is 2.43 bits per heavy atom. The van der Waals surface area contributed by atoms with Crippen LogP contribution in [0, 0.1) is 19.7 Å². The van der Waals surface area contributed by atoms with Crippen LogP contribution in [0.4, 0.5) is 21.6 Å². The molecule has 0 spiro atoms. The minimum Gasteiger partial charge on any atom is -0.477 e. The highest BCUT2D eigenvalue weighted by molar-refractivity contribution is 5.93. The van der Waals surface area contributed by atoms with Gasteiger partial charge in [0.2, 0.25) is 5.43 Å². The average Bonchev–Trinajstić information content (AvgIpc) is 3.84. The van der Waals surface area contributed by atoms with E-state index in [0.29, 0.717) is 30.7 Å². The molecule has 4 aromatic rings. The molecule has 12 heteroatoms. The largest absolute Gasteiger partial charge is 0.477 e. The van der Waals surface area contributed by atoms with Crippen LogP contribution in [-0.4, -0.2) is 36.6 Å². The number of aryl methyl sites for hydroxylation is 2. The number of rotatable bonds is 10. The molecular formula is C34H35FN6O5. The molecule has 3 heterocycles. The van der Waals surface area contributed by atoms with E-state index in [4.69, 9.17) is 0 Å². The number of carbonyl (C=O) groups is 1. The number of benzene rings is 2. The first kappa shape index (κ1) is 30.6. The number of nitrogens with zero attached hydrogens (tertiary/aromatic N) is 4. The third-order valence-corrected chi connectivity index (χ3v) is 8.57. The summed E-state index contributed by atoms with van der Waals surface area (Å²) in [6.07, 6.45) is 9.69. The highest BCUT2D eigenvalue weighted by atomic mass is 19.1. The number of aromatic carboxylic acids is 1. The minimum atomic E-state index is -1.33. The van der Waals surface area contributed by atoms with Gasteiger partial charge >= 0.3 is 11.7 Å². The molecule has 0 radical (unpaired) electrons. The number of halogens is 1. The van der Waals surface area contributed by atoms with Gasteiger partial charge in [-0.3, -0.25) is 19.1 Å². The first-order chi connectivity index (χ1) is 22.0. The molecule has 46 heavy (non-hydrogen) atoms. The van der Waals surface area contributed by atoms with E-state index < -0.39 is 22.9 Å². The Kier molecular flexibility index (Phi) is 8.11. The molecule has 238 valence electrons. The quantitative estimate of drug-likeness (QED) is 0.202. The number of carboxylic acids is 1. The summed E-state index contributed by atoms with van der Waals surface area (Å²) in [5.74, 6) is -1.63. The predicted molar refractivity (Wildman–Crippen MR) is 175 cm³/mol. The van der Waals surface area contributed by atoms with Crippen molar-refractivity contribution in [1.29, 1.82) is 0 Å². The van der Waals surface area contributed by atoms with Crippen LogP contribution in [0.25, 0.3) is 10.9 Å². The summed E-state index contributed by atoms with van der Waals surface area (Å²) in [4.78, 5) is 56.2. The second-order valence-electron chi connectivity index (χ2n) is 11.9. The lowest BCUT2D eigenvalue weighted by atomic mass is 10.1. The van der Waals surface area contributed by atoms with Crippen molar-refractivity contribution >= 4 is 34.1 Å². The Bertz CT molecular complexity index is 2070.